The fourth-order valence-corrected chi connectivity index (χ4v) is 4.16. The number of phenolic OH excluding ortho intramolecular Hbond substituents is 1. The summed E-state index contributed by atoms with van der Waals surface area (Å²) in [4.78, 5) is 20.3. The smallest absolute Gasteiger partial charge is 0.410 e. The average Bonchev–Trinajstić information content (AvgIpc) is 3.36. The summed E-state index contributed by atoms with van der Waals surface area (Å²) < 4.78 is 11.5. The van der Waals surface area contributed by atoms with Crippen molar-refractivity contribution >= 4 is 34.7 Å². The molecule has 1 saturated heterocycles. The van der Waals surface area contributed by atoms with Gasteiger partial charge in [0.15, 0.2) is 17.3 Å². The van der Waals surface area contributed by atoms with Gasteiger partial charge in [0.05, 0.1) is 10.9 Å². The summed E-state index contributed by atoms with van der Waals surface area (Å²) >= 11 is 0. The van der Waals surface area contributed by atoms with Gasteiger partial charge in [-0.25, -0.2) is 9.78 Å². The number of piperazine rings is 1. The number of carbonyl (C=O) groups is 1. The van der Waals surface area contributed by atoms with Gasteiger partial charge in [-0.2, -0.15) is 0 Å². The molecule has 2 aliphatic rings. The molecule has 10 nitrogen and oxygen atoms in total. The van der Waals surface area contributed by atoms with E-state index in [-0.39, 0.29) is 23.4 Å². The largest absolute Gasteiger partial charge is 0.507 e. The first-order valence-electron chi connectivity index (χ1n) is 11.4. The average molecular weight is 478 g/mol. The minimum Gasteiger partial charge on any atom is -0.507 e. The lowest BCUT2D eigenvalue weighted by Crippen LogP contribution is -2.49. The molecule has 5 rings (SSSR count). The van der Waals surface area contributed by atoms with Crippen molar-refractivity contribution in [2.24, 2.45) is 10.2 Å². The SMILES string of the molecule is CC(C)(C)OC(=O)N1CCN(Cc2c(O)ccc3c(O)c(C=C4N=Nc5ncccc54)oc23)CC1. The highest BCUT2D eigenvalue weighted by Gasteiger charge is 2.27. The van der Waals surface area contributed by atoms with Crippen LogP contribution < -0.4 is 0 Å². The number of pyridine rings is 1. The number of nitrogens with zero attached hydrogens (tertiary/aromatic N) is 5. The molecule has 0 radical (unpaired) electrons. The van der Waals surface area contributed by atoms with Crippen molar-refractivity contribution in [3.05, 3.63) is 47.3 Å². The molecule has 0 spiro atoms. The number of aromatic nitrogens is 1. The maximum atomic E-state index is 12.3. The lowest BCUT2D eigenvalue weighted by atomic mass is 10.1. The summed E-state index contributed by atoms with van der Waals surface area (Å²) in [7, 11) is 0. The quantitative estimate of drug-likeness (QED) is 0.550. The molecule has 1 fully saturated rings. The Kier molecular flexibility index (Phi) is 5.68. The minimum atomic E-state index is -0.539. The topological polar surface area (TPSA) is 124 Å². The Morgan fingerprint density at radius 3 is 2.66 bits per heavy atom. The van der Waals surface area contributed by atoms with E-state index in [1.807, 2.05) is 26.8 Å². The van der Waals surface area contributed by atoms with E-state index in [0.717, 1.165) is 5.56 Å². The first kappa shape index (κ1) is 22.9. The van der Waals surface area contributed by atoms with Crippen molar-refractivity contribution < 1.29 is 24.2 Å². The molecule has 0 aliphatic carbocycles. The highest BCUT2D eigenvalue weighted by Crippen LogP contribution is 2.41. The van der Waals surface area contributed by atoms with Crippen molar-refractivity contribution in [2.75, 3.05) is 26.2 Å². The van der Waals surface area contributed by atoms with Gasteiger partial charge in [0.2, 0.25) is 0 Å². The zero-order valence-corrected chi connectivity index (χ0v) is 19.9. The molecule has 4 heterocycles. The molecule has 35 heavy (non-hydrogen) atoms. The van der Waals surface area contributed by atoms with Crippen LogP contribution in [0.2, 0.25) is 0 Å². The molecular weight excluding hydrogens is 450 g/mol. The van der Waals surface area contributed by atoms with Crippen molar-refractivity contribution in [1.82, 2.24) is 14.8 Å². The van der Waals surface area contributed by atoms with Gasteiger partial charge < -0.3 is 24.3 Å². The molecule has 0 bridgehead atoms. The van der Waals surface area contributed by atoms with Crippen LogP contribution in [-0.2, 0) is 11.3 Å². The first-order chi connectivity index (χ1) is 16.7. The molecule has 2 aliphatic heterocycles. The van der Waals surface area contributed by atoms with Gasteiger partial charge in [-0.05, 0) is 45.0 Å². The number of carbonyl (C=O) groups excluding carboxylic acids is 1. The van der Waals surface area contributed by atoms with E-state index in [0.29, 0.717) is 60.8 Å². The molecular formula is C25H27N5O5. The van der Waals surface area contributed by atoms with Crippen LogP contribution in [0.3, 0.4) is 0 Å². The zero-order chi connectivity index (χ0) is 24.7. The maximum Gasteiger partial charge on any atom is 0.410 e. The molecule has 0 unspecified atom stereocenters. The van der Waals surface area contributed by atoms with Crippen LogP contribution in [0.25, 0.3) is 22.7 Å². The molecule has 1 amide bonds. The van der Waals surface area contributed by atoms with E-state index < -0.39 is 5.60 Å². The monoisotopic (exact) mass is 477 g/mol. The fourth-order valence-electron chi connectivity index (χ4n) is 4.16. The maximum absolute atomic E-state index is 12.3. The number of aromatic hydroxyl groups is 2. The summed E-state index contributed by atoms with van der Waals surface area (Å²) in [6.45, 7) is 8.21. The predicted molar refractivity (Wildman–Crippen MR) is 129 cm³/mol. The Hall–Kier alpha value is -3.92. The van der Waals surface area contributed by atoms with Gasteiger partial charge in [0.25, 0.3) is 0 Å². The molecule has 2 N–H and O–H groups in total. The number of hydrogen-bond acceptors (Lipinski definition) is 9. The Balaban J connectivity index is 1.37. The van der Waals surface area contributed by atoms with E-state index >= 15 is 0 Å². The van der Waals surface area contributed by atoms with Crippen LogP contribution in [0.1, 0.15) is 37.7 Å². The number of furan rings is 1. The Bertz CT molecular complexity index is 1350. The zero-order valence-electron chi connectivity index (χ0n) is 19.9. The predicted octanol–water partition coefficient (Wildman–Crippen LogP) is 4.89. The van der Waals surface area contributed by atoms with Gasteiger partial charge in [-0.15, -0.1) is 10.2 Å². The van der Waals surface area contributed by atoms with E-state index in [1.165, 1.54) is 0 Å². The first-order valence-corrected chi connectivity index (χ1v) is 11.4. The third kappa shape index (κ3) is 4.57. The number of phenols is 1. The number of azo groups is 1. The van der Waals surface area contributed by atoms with E-state index in [1.54, 1.807) is 35.4 Å². The van der Waals surface area contributed by atoms with Crippen molar-refractivity contribution in [1.29, 1.82) is 0 Å². The second-order valence-corrected chi connectivity index (χ2v) is 9.60. The number of ether oxygens (including phenoxy) is 1. The van der Waals surface area contributed by atoms with Crippen LogP contribution in [0.15, 0.2) is 45.1 Å². The molecule has 2 aromatic heterocycles. The summed E-state index contributed by atoms with van der Waals surface area (Å²) in [6.07, 6.45) is 2.94. The van der Waals surface area contributed by atoms with Gasteiger partial charge >= 0.3 is 6.09 Å². The number of hydrogen-bond donors (Lipinski definition) is 2. The normalized spacial score (nSPS) is 17.3. The third-order valence-electron chi connectivity index (χ3n) is 5.92. The summed E-state index contributed by atoms with van der Waals surface area (Å²) in [5.41, 5.74) is 1.72. The molecule has 182 valence electrons. The van der Waals surface area contributed by atoms with Crippen molar-refractivity contribution in [3.63, 3.8) is 0 Å². The van der Waals surface area contributed by atoms with Gasteiger partial charge in [-0.3, -0.25) is 4.90 Å². The van der Waals surface area contributed by atoms with Crippen LogP contribution in [0.4, 0.5) is 10.6 Å². The van der Waals surface area contributed by atoms with Crippen molar-refractivity contribution in [3.8, 4) is 11.5 Å². The Labute approximate surface area is 202 Å². The Morgan fingerprint density at radius 2 is 1.91 bits per heavy atom. The minimum absolute atomic E-state index is 0.0314. The molecule has 0 atom stereocenters. The van der Waals surface area contributed by atoms with E-state index in [9.17, 15) is 15.0 Å². The standard InChI is InChI=1S/C25H27N5O5/c1-25(2,3)35-24(33)30-11-9-29(10-12-30)14-17-19(31)7-6-16-21(32)20(34-22(16)17)13-18-15-5-4-8-26-23(15)28-27-18/h4-8,13,31-32H,9-12,14H2,1-3H3. The van der Waals surface area contributed by atoms with Crippen LogP contribution in [-0.4, -0.2) is 62.9 Å². The highest BCUT2D eigenvalue weighted by molar-refractivity contribution is 5.94. The molecule has 3 aromatic rings. The van der Waals surface area contributed by atoms with Gasteiger partial charge in [0, 0.05) is 50.6 Å². The number of rotatable bonds is 3. The Morgan fingerprint density at radius 1 is 1.14 bits per heavy atom. The lowest BCUT2D eigenvalue weighted by Gasteiger charge is -2.35. The third-order valence-corrected chi connectivity index (χ3v) is 5.92. The number of amides is 1. The lowest BCUT2D eigenvalue weighted by molar-refractivity contribution is 0.0138. The second kappa shape index (κ2) is 8.70. The van der Waals surface area contributed by atoms with E-state index in [4.69, 9.17) is 9.15 Å². The molecule has 10 heteroatoms. The molecule has 1 aromatic carbocycles. The summed E-state index contributed by atoms with van der Waals surface area (Å²) in [5, 5.41) is 30.1. The number of fused-ring (bicyclic) bond motifs is 2. The summed E-state index contributed by atoms with van der Waals surface area (Å²) in [5.74, 6) is 0.789. The van der Waals surface area contributed by atoms with E-state index in [2.05, 4.69) is 20.1 Å². The van der Waals surface area contributed by atoms with Crippen LogP contribution in [0.5, 0.6) is 11.5 Å². The fraction of sp³-hybridized carbons (Fsp3) is 0.360. The molecule has 0 saturated carbocycles. The number of benzene rings is 1. The highest BCUT2D eigenvalue weighted by atomic mass is 16.6. The summed E-state index contributed by atoms with van der Waals surface area (Å²) in [6, 6.07) is 6.82. The van der Waals surface area contributed by atoms with Crippen molar-refractivity contribution in [2.45, 2.75) is 32.9 Å². The van der Waals surface area contributed by atoms with Crippen LogP contribution >= 0.6 is 0 Å². The van der Waals surface area contributed by atoms with Gasteiger partial charge in [-0.1, -0.05) is 0 Å². The van der Waals surface area contributed by atoms with Crippen LogP contribution in [0, 0.1) is 0 Å². The van der Waals surface area contributed by atoms with Gasteiger partial charge in [0.1, 0.15) is 22.6 Å². The second-order valence-electron chi connectivity index (χ2n) is 9.60.